The van der Waals surface area contributed by atoms with E-state index < -0.39 is 0 Å². The first-order valence-corrected chi connectivity index (χ1v) is 6.80. The highest BCUT2D eigenvalue weighted by atomic mass is 127. The summed E-state index contributed by atoms with van der Waals surface area (Å²) in [5.41, 5.74) is 1.39. The van der Waals surface area contributed by atoms with Crippen LogP contribution >= 0.6 is 56.8 Å². The topological polar surface area (TPSA) is 34.9 Å². The maximum atomic E-state index is 10.6. The molecule has 2 rings (SSSR count). The lowest BCUT2D eigenvalue weighted by atomic mass is 10.2. The van der Waals surface area contributed by atoms with E-state index in [-0.39, 0.29) is 0 Å². The summed E-state index contributed by atoms with van der Waals surface area (Å²) in [5.74, 6) is 0. The molecule has 0 aliphatic rings. The molecule has 0 fully saturated rings. The number of nitrogens with zero attached hydrogens (tertiary/aromatic N) is 2. The van der Waals surface area contributed by atoms with Gasteiger partial charge in [-0.15, -0.1) is 0 Å². The van der Waals surface area contributed by atoms with E-state index in [9.17, 15) is 4.79 Å². The summed E-state index contributed by atoms with van der Waals surface area (Å²) in [6.45, 7) is 0. The fourth-order valence-corrected chi connectivity index (χ4v) is 2.46. The van der Waals surface area contributed by atoms with Gasteiger partial charge in [-0.1, -0.05) is 11.6 Å². The van der Waals surface area contributed by atoms with E-state index in [1.807, 2.05) is 10.6 Å². The first kappa shape index (κ1) is 12.3. The summed E-state index contributed by atoms with van der Waals surface area (Å²) in [6, 6.07) is 5.19. The van der Waals surface area contributed by atoms with E-state index in [0.717, 1.165) is 19.4 Å². The summed E-state index contributed by atoms with van der Waals surface area (Å²) in [5, 5.41) is 0.538. The van der Waals surface area contributed by atoms with Crippen LogP contribution in [0.15, 0.2) is 24.5 Å². The Morgan fingerprint density at radius 3 is 2.62 bits per heavy atom. The van der Waals surface area contributed by atoms with Gasteiger partial charge >= 0.3 is 0 Å². The van der Waals surface area contributed by atoms with Gasteiger partial charge in [-0.05, 0) is 63.4 Å². The Balaban J connectivity index is 2.56. The molecule has 0 saturated heterocycles. The summed E-state index contributed by atoms with van der Waals surface area (Å²) >= 11 is 10.5. The van der Waals surface area contributed by atoms with Gasteiger partial charge in [0.05, 0.1) is 10.7 Å². The molecule has 0 radical (unpaired) electrons. The average Bonchev–Trinajstić information content (AvgIpc) is 2.60. The third-order valence-corrected chi connectivity index (χ3v) is 5.19. The van der Waals surface area contributed by atoms with E-state index in [1.54, 1.807) is 18.5 Å². The van der Waals surface area contributed by atoms with Crippen molar-refractivity contribution in [1.82, 2.24) is 9.55 Å². The number of imidazole rings is 1. The number of hydrogen-bond donors (Lipinski definition) is 0. The molecule has 3 nitrogen and oxygen atoms in total. The Morgan fingerprint density at radius 1 is 1.38 bits per heavy atom. The van der Waals surface area contributed by atoms with Crippen LogP contribution in [0.5, 0.6) is 0 Å². The molecular formula is C10H5ClI2N2O. The molecule has 1 aromatic carbocycles. The minimum atomic E-state index is 0.538. The zero-order valence-corrected chi connectivity index (χ0v) is 12.9. The van der Waals surface area contributed by atoms with E-state index in [1.165, 1.54) is 0 Å². The number of halogens is 3. The fourth-order valence-electron chi connectivity index (χ4n) is 1.27. The molecule has 0 N–H and O–H groups in total. The van der Waals surface area contributed by atoms with Crippen molar-refractivity contribution >= 4 is 63.1 Å². The predicted molar refractivity (Wildman–Crippen MR) is 79.4 cm³/mol. The number of aldehydes is 1. The second-order valence-electron chi connectivity index (χ2n) is 3.02. The number of carbonyl (C=O) groups is 1. The van der Waals surface area contributed by atoms with Crippen LogP contribution in [0.25, 0.3) is 5.69 Å². The number of aromatic nitrogens is 2. The average molecular weight is 458 g/mol. The fraction of sp³-hybridized carbons (Fsp3) is 0. The SMILES string of the molecule is O=Cc1ccc(-n2cnc(I)c2I)c(Cl)c1. The molecule has 0 aliphatic heterocycles. The van der Waals surface area contributed by atoms with Crippen molar-refractivity contribution in [2.75, 3.05) is 0 Å². The molecule has 2 aromatic rings. The highest BCUT2D eigenvalue weighted by Gasteiger charge is 2.10. The van der Waals surface area contributed by atoms with Gasteiger partial charge < -0.3 is 0 Å². The first-order chi connectivity index (χ1) is 7.63. The van der Waals surface area contributed by atoms with Crippen LogP contribution in [0, 0.1) is 7.40 Å². The molecule has 1 heterocycles. The quantitative estimate of drug-likeness (QED) is 0.510. The van der Waals surface area contributed by atoms with Gasteiger partial charge in [-0.2, -0.15) is 0 Å². The van der Waals surface area contributed by atoms with Crippen molar-refractivity contribution in [3.05, 3.63) is 42.5 Å². The number of carbonyl (C=O) groups excluding carboxylic acids is 1. The molecule has 16 heavy (non-hydrogen) atoms. The molecule has 0 saturated carbocycles. The maximum Gasteiger partial charge on any atom is 0.150 e. The molecule has 0 unspecified atom stereocenters. The minimum Gasteiger partial charge on any atom is -0.298 e. The van der Waals surface area contributed by atoms with Gasteiger partial charge in [0.15, 0.2) is 0 Å². The van der Waals surface area contributed by atoms with E-state index in [0.29, 0.717) is 10.6 Å². The molecule has 0 amide bonds. The van der Waals surface area contributed by atoms with Crippen molar-refractivity contribution in [2.45, 2.75) is 0 Å². The normalized spacial score (nSPS) is 10.4. The standard InChI is InChI=1S/C10H5ClI2N2O/c11-7-3-6(4-16)1-2-8(7)15-5-14-9(12)10(15)13/h1-5H. The lowest BCUT2D eigenvalue weighted by molar-refractivity contribution is 0.112. The Hall–Kier alpha value is -0.150. The van der Waals surface area contributed by atoms with Crippen LogP contribution in [-0.4, -0.2) is 15.8 Å². The second kappa shape index (κ2) is 5.01. The molecule has 0 spiro atoms. The van der Waals surface area contributed by atoms with Gasteiger partial charge in [0.25, 0.3) is 0 Å². The van der Waals surface area contributed by atoms with Crippen molar-refractivity contribution in [3.63, 3.8) is 0 Å². The summed E-state index contributed by atoms with van der Waals surface area (Å²) in [7, 11) is 0. The van der Waals surface area contributed by atoms with E-state index in [2.05, 4.69) is 50.2 Å². The molecule has 82 valence electrons. The Bertz CT molecular complexity index is 554. The summed E-state index contributed by atoms with van der Waals surface area (Å²) < 4.78 is 3.81. The van der Waals surface area contributed by atoms with E-state index >= 15 is 0 Å². The lowest BCUT2D eigenvalue weighted by Crippen LogP contribution is -1.97. The van der Waals surface area contributed by atoms with Crippen LogP contribution in [-0.2, 0) is 0 Å². The van der Waals surface area contributed by atoms with Gasteiger partial charge in [0, 0.05) is 5.56 Å². The van der Waals surface area contributed by atoms with Crippen LogP contribution < -0.4 is 0 Å². The Morgan fingerprint density at radius 2 is 2.12 bits per heavy atom. The first-order valence-electron chi connectivity index (χ1n) is 4.27. The lowest BCUT2D eigenvalue weighted by Gasteiger charge is -2.06. The smallest absolute Gasteiger partial charge is 0.150 e. The van der Waals surface area contributed by atoms with Crippen molar-refractivity contribution in [2.24, 2.45) is 0 Å². The third-order valence-electron chi connectivity index (χ3n) is 2.04. The van der Waals surface area contributed by atoms with Gasteiger partial charge in [-0.25, -0.2) is 4.98 Å². The molecule has 0 aliphatic carbocycles. The zero-order chi connectivity index (χ0) is 11.7. The molecule has 0 bridgehead atoms. The molecule has 0 atom stereocenters. The largest absolute Gasteiger partial charge is 0.298 e. The maximum absolute atomic E-state index is 10.6. The highest BCUT2D eigenvalue weighted by molar-refractivity contribution is 14.1. The van der Waals surface area contributed by atoms with Crippen LogP contribution in [0.3, 0.4) is 0 Å². The van der Waals surface area contributed by atoms with E-state index in [4.69, 9.17) is 11.6 Å². The van der Waals surface area contributed by atoms with Gasteiger partial charge in [-0.3, -0.25) is 9.36 Å². The summed E-state index contributed by atoms with van der Waals surface area (Å²) in [6.07, 6.45) is 2.49. The zero-order valence-electron chi connectivity index (χ0n) is 7.82. The summed E-state index contributed by atoms with van der Waals surface area (Å²) in [4.78, 5) is 14.8. The second-order valence-corrected chi connectivity index (χ2v) is 5.48. The number of benzene rings is 1. The van der Waals surface area contributed by atoms with Crippen molar-refractivity contribution < 1.29 is 4.79 Å². The number of rotatable bonds is 2. The van der Waals surface area contributed by atoms with Gasteiger partial charge in [0.1, 0.15) is 20.0 Å². The molecule has 1 aromatic heterocycles. The Kier molecular flexibility index (Phi) is 3.85. The van der Waals surface area contributed by atoms with Crippen LogP contribution in [0.1, 0.15) is 10.4 Å². The van der Waals surface area contributed by atoms with Gasteiger partial charge in [0.2, 0.25) is 0 Å². The molecular weight excluding hydrogens is 453 g/mol. The third kappa shape index (κ3) is 2.25. The van der Waals surface area contributed by atoms with Crippen molar-refractivity contribution in [1.29, 1.82) is 0 Å². The highest BCUT2D eigenvalue weighted by Crippen LogP contribution is 2.25. The Labute approximate surface area is 124 Å². The van der Waals surface area contributed by atoms with Crippen LogP contribution in [0.2, 0.25) is 5.02 Å². The number of hydrogen-bond acceptors (Lipinski definition) is 2. The van der Waals surface area contributed by atoms with Crippen LogP contribution in [0.4, 0.5) is 0 Å². The molecule has 6 heteroatoms. The minimum absolute atomic E-state index is 0.538. The monoisotopic (exact) mass is 458 g/mol. The predicted octanol–water partition coefficient (Wildman–Crippen LogP) is 3.55. The van der Waals surface area contributed by atoms with Crippen molar-refractivity contribution in [3.8, 4) is 5.69 Å².